The van der Waals surface area contributed by atoms with Gasteiger partial charge in [0.15, 0.2) is 0 Å². The number of hydrogen-bond acceptors (Lipinski definition) is 3. The molecule has 1 saturated heterocycles. The zero-order valence-corrected chi connectivity index (χ0v) is 10.6. The number of sulfonamides is 1. The van der Waals surface area contributed by atoms with Gasteiger partial charge in [-0.05, 0) is 13.8 Å². The van der Waals surface area contributed by atoms with Gasteiger partial charge in [-0.25, -0.2) is 8.42 Å². The third-order valence-corrected chi connectivity index (χ3v) is 5.02. The van der Waals surface area contributed by atoms with Crippen molar-refractivity contribution < 1.29 is 13.2 Å². The van der Waals surface area contributed by atoms with Gasteiger partial charge in [-0.1, -0.05) is 0 Å². The molecular formula is C8H15ClN2O3S. The van der Waals surface area contributed by atoms with Crippen molar-refractivity contribution in [3.05, 3.63) is 0 Å². The molecule has 0 unspecified atom stereocenters. The van der Waals surface area contributed by atoms with E-state index in [-0.39, 0.29) is 5.91 Å². The molecule has 15 heavy (non-hydrogen) atoms. The van der Waals surface area contributed by atoms with Crippen LogP contribution >= 0.6 is 11.6 Å². The molecule has 0 atom stereocenters. The number of alkyl halides is 1. The van der Waals surface area contributed by atoms with Gasteiger partial charge in [-0.3, -0.25) is 4.79 Å². The molecule has 5 nitrogen and oxygen atoms in total. The van der Waals surface area contributed by atoms with Crippen LogP contribution in [0, 0.1) is 0 Å². The smallest absolute Gasteiger partial charge is 0.243 e. The number of amides is 1. The number of hydrogen-bond donors (Lipinski definition) is 0. The summed E-state index contributed by atoms with van der Waals surface area (Å²) in [6.45, 7) is 3.88. The van der Waals surface area contributed by atoms with Gasteiger partial charge < -0.3 is 4.90 Å². The Morgan fingerprint density at radius 1 is 1.40 bits per heavy atom. The van der Waals surface area contributed by atoms with Crippen molar-refractivity contribution in [1.82, 2.24) is 9.21 Å². The van der Waals surface area contributed by atoms with Gasteiger partial charge >= 0.3 is 0 Å². The highest BCUT2D eigenvalue weighted by molar-refractivity contribution is 7.90. The van der Waals surface area contributed by atoms with Crippen LogP contribution in [0.5, 0.6) is 0 Å². The Kier molecular flexibility index (Phi) is 3.33. The summed E-state index contributed by atoms with van der Waals surface area (Å²) in [5.41, 5.74) is -1.04. The van der Waals surface area contributed by atoms with Crippen LogP contribution in [0.3, 0.4) is 0 Å². The first-order chi connectivity index (χ1) is 6.73. The van der Waals surface area contributed by atoms with Crippen LogP contribution in [0.25, 0.3) is 0 Å². The Hall–Kier alpha value is -0.330. The van der Waals surface area contributed by atoms with Crippen molar-refractivity contribution >= 4 is 27.5 Å². The van der Waals surface area contributed by atoms with Crippen molar-refractivity contribution in [2.75, 3.05) is 25.3 Å². The lowest BCUT2D eigenvalue weighted by molar-refractivity contribution is -0.142. The maximum absolute atomic E-state index is 11.8. The molecule has 0 aliphatic carbocycles. The fraction of sp³-hybridized carbons (Fsp3) is 0.875. The second-order valence-electron chi connectivity index (χ2n) is 4.08. The third-order valence-electron chi connectivity index (χ3n) is 2.61. The first-order valence-electron chi connectivity index (χ1n) is 4.55. The summed E-state index contributed by atoms with van der Waals surface area (Å²) in [4.78, 5) is 13.3. The van der Waals surface area contributed by atoms with Gasteiger partial charge in [0.2, 0.25) is 15.9 Å². The zero-order chi connectivity index (χ0) is 11.9. The van der Waals surface area contributed by atoms with Crippen molar-refractivity contribution in [2.45, 2.75) is 19.4 Å². The lowest BCUT2D eigenvalue weighted by Crippen LogP contribution is -2.63. The number of carbonyl (C=O) groups is 1. The summed E-state index contributed by atoms with van der Waals surface area (Å²) in [7, 11) is -1.87. The van der Waals surface area contributed by atoms with Crippen LogP contribution in [0.15, 0.2) is 0 Å². The number of carbonyl (C=O) groups excluding carboxylic acids is 1. The topological polar surface area (TPSA) is 57.7 Å². The molecule has 0 N–H and O–H groups in total. The monoisotopic (exact) mass is 254 g/mol. The van der Waals surface area contributed by atoms with E-state index in [9.17, 15) is 13.2 Å². The minimum Gasteiger partial charge on any atom is -0.343 e. The Bertz CT molecular complexity index is 366. The zero-order valence-electron chi connectivity index (χ0n) is 9.03. The second-order valence-corrected chi connectivity index (χ2v) is 6.56. The predicted octanol–water partition coefficient (Wildman–Crippen LogP) is 0.0651. The van der Waals surface area contributed by atoms with Crippen LogP contribution in [0.2, 0.25) is 0 Å². The summed E-state index contributed by atoms with van der Waals surface area (Å²) in [6.07, 6.45) is 0. The van der Waals surface area contributed by atoms with E-state index in [0.717, 1.165) is 0 Å². The average Bonchev–Trinajstić information content (AvgIpc) is 2.14. The van der Waals surface area contributed by atoms with E-state index in [1.54, 1.807) is 20.9 Å². The summed E-state index contributed by atoms with van der Waals surface area (Å²) in [5.74, 6) is -0.206. The lowest BCUT2D eigenvalue weighted by Gasteiger charge is -2.43. The van der Waals surface area contributed by atoms with E-state index in [4.69, 9.17) is 11.6 Å². The van der Waals surface area contributed by atoms with Crippen LogP contribution in [-0.2, 0) is 14.8 Å². The Morgan fingerprint density at radius 3 is 2.40 bits per heavy atom. The SMILES string of the molecule is CN1CCN(S(=O)(=O)CCl)C(C)(C)C1=O. The van der Waals surface area contributed by atoms with Gasteiger partial charge in [-0.2, -0.15) is 4.31 Å². The standard InChI is InChI=1S/C8H15ClN2O3S/c1-8(2)7(12)10(3)4-5-11(8)15(13,14)6-9/h4-6H2,1-3H3. The first kappa shape index (κ1) is 12.7. The Balaban J connectivity index is 3.08. The largest absolute Gasteiger partial charge is 0.343 e. The Labute approximate surface area is 95.0 Å². The van der Waals surface area contributed by atoms with E-state index in [0.29, 0.717) is 13.1 Å². The predicted molar refractivity (Wildman–Crippen MR) is 58.1 cm³/mol. The molecule has 0 aromatic rings. The minimum atomic E-state index is -3.53. The van der Waals surface area contributed by atoms with Crippen LogP contribution in [0.1, 0.15) is 13.8 Å². The molecule has 0 saturated carbocycles. The number of likely N-dealkylation sites (N-methyl/N-ethyl adjacent to an activating group) is 1. The van der Waals surface area contributed by atoms with Gasteiger partial charge in [0.1, 0.15) is 10.8 Å². The molecule has 1 aliphatic heterocycles. The van der Waals surface area contributed by atoms with Crippen molar-refractivity contribution in [3.8, 4) is 0 Å². The Morgan fingerprint density at radius 2 is 1.93 bits per heavy atom. The molecular weight excluding hydrogens is 240 g/mol. The molecule has 1 rings (SSSR count). The molecule has 0 aromatic heterocycles. The summed E-state index contributed by atoms with van der Waals surface area (Å²) < 4.78 is 24.5. The molecule has 1 aliphatic rings. The lowest BCUT2D eigenvalue weighted by atomic mass is 10.0. The van der Waals surface area contributed by atoms with E-state index in [1.165, 1.54) is 9.21 Å². The van der Waals surface area contributed by atoms with Crippen LogP contribution < -0.4 is 0 Å². The average molecular weight is 255 g/mol. The van der Waals surface area contributed by atoms with Crippen molar-refractivity contribution in [3.63, 3.8) is 0 Å². The van der Waals surface area contributed by atoms with Crippen molar-refractivity contribution in [1.29, 1.82) is 0 Å². The van der Waals surface area contributed by atoms with Crippen LogP contribution in [0.4, 0.5) is 0 Å². The highest BCUT2D eigenvalue weighted by Gasteiger charge is 2.45. The highest BCUT2D eigenvalue weighted by Crippen LogP contribution is 2.25. The first-order valence-corrected chi connectivity index (χ1v) is 6.70. The van der Waals surface area contributed by atoms with Crippen molar-refractivity contribution in [2.24, 2.45) is 0 Å². The van der Waals surface area contributed by atoms with Crippen LogP contribution in [-0.4, -0.2) is 54.4 Å². The number of piperazine rings is 1. The number of rotatable bonds is 2. The maximum atomic E-state index is 11.8. The minimum absolute atomic E-state index is 0.206. The van der Waals surface area contributed by atoms with Gasteiger partial charge in [0.05, 0.1) is 0 Å². The highest BCUT2D eigenvalue weighted by atomic mass is 35.5. The van der Waals surface area contributed by atoms with Gasteiger partial charge in [0.25, 0.3) is 0 Å². The molecule has 1 fully saturated rings. The molecule has 0 radical (unpaired) electrons. The molecule has 88 valence electrons. The molecule has 1 amide bonds. The molecule has 0 spiro atoms. The summed E-state index contributed by atoms with van der Waals surface area (Å²) in [6, 6.07) is 0. The summed E-state index contributed by atoms with van der Waals surface area (Å²) in [5, 5.41) is -0.493. The quantitative estimate of drug-likeness (QED) is 0.655. The second kappa shape index (κ2) is 3.92. The van der Waals surface area contributed by atoms with Gasteiger partial charge in [-0.15, -0.1) is 11.6 Å². The normalized spacial score (nSPS) is 23.2. The van der Waals surface area contributed by atoms with Gasteiger partial charge in [0, 0.05) is 20.1 Å². The molecule has 1 heterocycles. The van der Waals surface area contributed by atoms with E-state index in [2.05, 4.69) is 0 Å². The fourth-order valence-electron chi connectivity index (χ4n) is 1.74. The molecule has 0 aromatic carbocycles. The maximum Gasteiger partial charge on any atom is 0.243 e. The van der Waals surface area contributed by atoms with E-state index < -0.39 is 20.8 Å². The molecule has 0 bridgehead atoms. The fourth-order valence-corrected chi connectivity index (χ4v) is 3.35. The third kappa shape index (κ3) is 2.11. The number of halogens is 1. The van der Waals surface area contributed by atoms with E-state index >= 15 is 0 Å². The molecule has 7 heteroatoms. The van der Waals surface area contributed by atoms with E-state index in [1.807, 2.05) is 0 Å². The number of nitrogens with zero attached hydrogens (tertiary/aromatic N) is 2. The summed E-state index contributed by atoms with van der Waals surface area (Å²) >= 11 is 5.38.